The van der Waals surface area contributed by atoms with Crippen molar-refractivity contribution in [2.45, 2.75) is 62.6 Å². The third kappa shape index (κ3) is 3.35. The number of piperidine rings is 1. The molecule has 4 rings (SSSR count). The van der Waals surface area contributed by atoms with Gasteiger partial charge in [-0.15, -0.1) is 0 Å². The van der Waals surface area contributed by atoms with Crippen molar-refractivity contribution in [3.63, 3.8) is 0 Å². The lowest BCUT2D eigenvalue weighted by atomic mass is 9.70. The minimum atomic E-state index is -0.840. The number of amides is 1. The van der Waals surface area contributed by atoms with Crippen LogP contribution in [0.3, 0.4) is 0 Å². The Morgan fingerprint density at radius 2 is 1.88 bits per heavy atom. The molecule has 0 aromatic heterocycles. The van der Waals surface area contributed by atoms with E-state index in [1.54, 1.807) is 0 Å². The van der Waals surface area contributed by atoms with Gasteiger partial charge in [-0.2, -0.15) is 0 Å². The molecule has 3 atom stereocenters. The lowest BCUT2D eigenvalue weighted by Crippen LogP contribution is -2.68. The molecule has 2 heterocycles. The van der Waals surface area contributed by atoms with Crippen LogP contribution in [0.15, 0.2) is 30.3 Å². The summed E-state index contributed by atoms with van der Waals surface area (Å²) in [6.45, 7) is 2.09. The van der Waals surface area contributed by atoms with Crippen LogP contribution in [0.5, 0.6) is 0 Å². The Morgan fingerprint density at radius 1 is 1.12 bits per heavy atom. The number of aliphatic hydroxyl groups is 1. The number of rotatable bonds is 3. The van der Waals surface area contributed by atoms with Gasteiger partial charge in [-0.25, -0.2) is 0 Å². The summed E-state index contributed by atoms with van der Waals surface area (Å²) in [7, 11) is 0. The minimum absolute atomic E-state index is 0.00561. The molecule has 1 aliphatic carbocycles. The Labute approximate surface area is 155 Å². The average molecular weight is 358 g/mol. The Balaban J connectivity index is 1.53. The number of fused-ring (bicyclic) bond motifs is 1. The highest BCUT2D eigenvalue weighted by Crippen LogP contribution is 2.41. The van der Waals surface area contributed by atoms with Gasteiger partial charge >= 0.3 is 0 Å². The van der Waals surface area contributed by atoms with Crippen LogP contribution in [0.4, 0.5) is 5.69 Å². The van der Waals surface area contributed by atoms with Crippen LogP contribution in [0.25, 0.3) is 0 Å². The zero-order chi connectivity index (χ0) is 18.0. The van der Waals surface area contributed by atoms with Gasteiger partial charge in [0, 0.05) is 31.4 Å². The van der Waals surface area contributed by atoms with Crippen molar-refractivity contribution < 1.29 is 14.6 Å². The van der Waals surface area contributed by atoms with E-state index in [-0.39, 0.29) is 23.9 Å². The quantitative estimate of drug-likeness (QED) is 0.872. The van der Waals surface area contributed by atoms with Crippen LogP contribution < -0.4 is 5.32 Å². The fraction of sp³-hybridized carbons (Fsp3) is 0.667. The van der Waals surface area contributed by atoms with Gasteiger partial charge in [0.25, 0.3) is 0 Å². The van der Waals surface area contributed by atoms with E-state index in [0.717, 1.165) is 57.2 Å². The molecule has 1 aromatic rings. The van der Waals surface area contributed by atoms with Gasteiger partial charge < -0.3 is 20.1 Å². The largest absolute Gasteiger partial charge is 0.386 e. The van der Waals surface area contributed by atoms with E-state index in [1.165, 1.54) is 0 Å². The molecule has 1 amide bonds. The van der Waals surface area contributed by atoms with Gasteiger partial charge in [-0.1, -0.05) is 31.0 Å². The summed E-state index contributed by atoms with van der Waals surface area (Å²) in [5.41, 5.74) is 0.201. The van der Waals surface area contributed by atoms with E-state index in [4.69, 9.17) is 4.74 Å². The zero-order valence-corrected chi connectivity index (χ0v) is 15.4. The van der Waals surface area contributed by atoms with Crippen molar-refractivity contribution in [1.82, 2.24) is 4.90 Å². The maximum atomic E-state index is 13.2. The molecule has 5 nitrogen and oxygen atoms in total. The molecule has 1 unspecified atom stereocenters. The maximum Gasteiger partial charge on any atom is 0.226 e. The molecular formula is C21H30N2O3. The lowest BCUT2D eigenvalue weighted by Gasteiger charge is -2.54. The first-order valence-corrected chi connectivity index (χ1v) is 10.1. The number of hydrogen-bond donors (Lipinski definition) is 2. The smallest absolute Gasteiger partial charge is 0.226 e. The fourth-order valence-corrected chi connectivity index (χ4v) is 5.04. The molecule has 2 N–H and O–H groups in total. The Bertz CT molecular complexity index is 617. The Kier molecular flexibility index (Phi) is 5.18. The molecule has 5 heteroatoms. The van der Waals surface area contributed by atoms with Gasteiger partial charge in [0.1, 0.15) is 5.60 Å². The summed E-state index contributed by atoms with van der Waals surface area (Å²) in [6, 6.07) is 10.0. The highest BCUT2D eigenvalue weighted by Gasteiger charge is 2.52. The molecule has 3 aliphatic rings. The molecule has 0 radical (unpaired) electrons. The normalized spacial score (nSPS) is 32.7. The monoisotopic (exact) mass is 358 g/mol. The highest BCUT2D eigenvalue weighted by atomic mass is 16.5. The predicted octanol–water partition coefficient (Wildman–Crippen LogP) is 2.80. The van der Waals surface area contributed by atoms with E-state index in [9.17, 15) is 9.90 Å². The number of benzene rings is 1. The van der Waals surface area contributed by atoms with Crippen molar-refractivity contribution >= 4 is 11.6 Å². The fourth-order valence-electron chi connectivity index (χ4n) is 5.04. The number of likely N-dealkylation sites (tertiary alicyclic amines) is 1. The summed E-state index contributed by atoms with van der Waals surface area (Å²) < 4.78 is 5.42. The van der Waals surface area contributed by atoms with Gasteiger partial charge in [0.15, 0.2) is 0 Å². The second kappa shape index (κ2) is 7.57. The second-order valence-corrected chi connectivity index (χ2v) is 8.02. The number of carbonyl (C=O) groups is 1. The van der Waals surface area contributed by atoms with E-state index >= 15 is 0 Å². The van der Waals surface area contributed by atoms with Gasteiger partial charge in [0.05, 0.1) is 12.1 Å². The van der Waals surface area contributed by atoms with Gasteiger partial charge in [-0.05, 0) is 44.2 Å². The number of ether oxygens (including phenoxy) is 1. The zero-order valence-electron chi connectivity index (χ0n) is 15.4. The second-order valence-electron chi connectivity index (χ2n) is 8.02. The van der Waals surface area contributed by atoms with Crippen molar-refractivity contribution in [2.24, 2.45) is 5.92 Å². The average Bonchev–Trinajstić information content (AvgIpc) is 2.69. The van der Waals surface area contributed by atoms with Crippen LogP contribution in [0.1, 0.15) is 44.9 Å². The van der Waals surface area contributed by atoms with Gasteiger partial charge in [-0.3, -0.25) is 4.79 Å². The summed E-state index contributed by atoms with van der Waals surface area (Å²) >= 11 is 0. The number of nitrogens with one attached hydrogen (secondary N) is 1. The summed E-state index contributed by atoms with van der Waals surface area (Å²) in [5.74, 6) is 0.297. The van der Waals surface area contributed by atoms with Crippen LogP contribution in [0.2, 0.25) is 0 Å². The molecule has 0 spiro atoms. The number of carbonyl (C=O) groups excluding carboxylic acids is 1. The Morgan fingerprint density at radius 3 is 2.65 bits per heavy atom. The molecule has 142 valence electrons. The third-order valence-electron chi connectivity index (χ3n) is 6.49. The molecule has 2 saturated heterocycles. The van der Waals surface area contributed by atoms with Gasteiger partial charge in [0.2, 0.25) is 5.91 Å². The molecule has 1 saturated carbocycles. The van der Waals surface area contributed by atoms with E-state index < -0.39 is 5.60 Å². The summed E-state index contributed by atoms with van der Waals surface area (Å²) in [5, 5.41) is 15.2. The first-order chi connectivity index (χ1) is 12.7. The third-order valence-corrected chi connectivity index (χ3v) is 6.49. The van der Waals surface area contributed by atoms with Crippen molar-refractivity contribution in [3.8, 4) is 0 Å². The van der Waals surface area contributed by atoms with Crippen LogP contribution in [-0.4, -0.2) is 53.4 Å². The van der Waals surface area contributed by atoms with E-state index in [0.29, 0.717) is 13.2 Å². The van der Waals surface area contributed by atoms with E-state index in [2.05, 4.69) is 5.32 Å². The van der Waals surface area contributed by atoms with Crippen LogP contribution in [-0.2, 0) is 9.53 Å². The van der Waals surface area contributed by atoms with E-state index in [1.807, 2.05) is 35.2 Å². The standard InChI is InChI=1S/C21H30N2O3/c24-20(16-10-14-26-15-11-16)23-13-9-18(22-17-6-2-1-3-7-17)21(25)12-5-4-8-19(21)23/h1-3,6-7,16,18-19,22,25H,4-5,8-15H2/t18?,19-,21-/m0/s1. The van der Waals surface area contributed by atoms with Crippen molar-refractivity contribution in [1.29, 1.82) is 0 Å². The van der Waals surface area contributed by atoms with Crippen molar-refractivity contribution in [2.75, 3.05) is 25.1 Å². The first-order valence-electron chi connectivity index (χ1n) is 10.1. The molecule has 0 bridgehead atoms. The lowest BCUT2D eigenvalue weighted by molar-refractivity contribution is -0.160. The van der Waals surface area contributed by atoms with Crippen LogP contribution in [0, 0.1) is 5.92 Å². The molecule has 3 fully saturated rings. The Hall–Kier alpha value is -1.59. The number of nitrogens with zero attached hydrogens (tertiary/aromatic N) is 1. The molecule has 1 aromatic carbocycles. The molecule has 2 aliphatic heterocycles. The molecule has 26 heavy (non-hydrogen) atoms. The highest BCUT2D eigenvalue weighted by molar-refractivity contribution is 5.79. The van der Waals surface area contributed by atoms with Crippen LogP contribution >= 0.6 is 0 Å². The number of para-hydroxylation sites is 1. The minimum Gasteiger partial charge on any atom is -0.386 e. The SMILES string of the molecule is O=C(C1CCOCC1)N1CCC(Nc2ccccc2)[C@@]2(O)CCCC[C@H]12. The first kappa shape index (κ1) is 17.8. The summed E-state index contributed by atoms with van der Waals surface area (Å²) in [6.07, 6.45) is 6.19. The topological polar surface area (TPSA) is 61.8 Å². The maximum absolute atomic E-state index is 13.2. The number of hydrogen-bond acceptors (Lipinski definition) is 4. The van der Waals surface area contributed by atoms with Crippen molar-refractivity contribution in [3.05, 3.63) is 30.3 Å². The summed E-state index contributed by atoms with van der Waals surface area (Å²) in [4.78, 5) is 15.2. The number of anilines is 1. The molecular weight excluding hydrogens is 328 g/mol. The predicted molar refractivity (Wildman–Crippen MR) is 101 cm³/mol.